The second-order valence-electron chi connectivity index (χ2n) is 15.2. The van der Waals surface area contributed by atoms with E-state index in [2.05, 4.69) is 59.8 Å². The largest absolute Gasteiger partial charge is 0.394 e. The second-order valence-corrected chi connectivity index (χ2v) is 15.2. The van der Waals surface area contributed by atoms with Crippen molar-refractivity contribution in [1.82, 2.24) is 0 Å². The van der Waals surface area contributed by atoms with E-state index >= 15 is 0 Å². The van der Waals surface area contributed by atoms with E-state index in [1.165, 1.54) is 37.7 Å². The van der Waals surface area contributed by atoms with Crippen LogP contribution in [0, 0.1) is 52.3 Å². The number of allylic oxidation sites excluding steroid dienone is 3. The Hall–Kier alpha value is -0.760. The monoisotopic (exact) mass is 574 g/mol. The fraction of sp³-hybridized carbons (Fsp3) is 0.886. The molecule has 0 aromatic carbocycles. The summed E-state index contributed by atoms with van der Waals surface area (Å²) >= 11 is 0. The Morgan fingerprint density at radius 1 is 0.976 bits per heavy atom. The Morgan fingerprint density at radius 3 is 2.41 bits per heavy atom. The highest BCUT2D eigenvalue weighted by atomic mass is 16.7. The van der Waals surface area contributed by atoms with Gasteiger partial charge in [-0.05, 0) is 110 Å². The molecule has 234 valence electrons. The molecule has 5 rings (SSSR count). The van der Waals surface area contributed by atoms with Gasteiger partial charge in [-0.2, -0.15) is 0 Å². The van der Waals surface area contributed by atoms with Crippen molar-refractivity contribution in [2.75, 3.05) is 6.61 Å². The van der Waals surface area contributed by atoms with Crippen molar-refractivity contribution in [2.24, 2.45) is 52.3 Å². The molecule has 41 heavy (non-hydrogen) atoms. The van der Waals surface area contributed by atoms with E-state index in [1.54, 1.807) is 0 Å². The van der Waals surface area contributed by atoms with Crippen LogP contribution < -0.4 is 0 Å². The molecule has 0 aromatic heterocycles. The fourth-order valence-electron chi connectivity index (χ4n) is 10.3. The van der Waals surface area contributed by atoms with Crippen LogP contribution >= 0.6 is 0 Å². The highest BCUT2D eigenvalue weighted by Gasteiger charge is 2.59. The first-order valence-electron chi connectivity index (χ1n) is 16.8. The molecule has 14 atom stereocenters. The van der Waals surface area contributed by atoms with Crippen LogP contribution in [0.4, 0.5) is 0 Å². The van der Waals surface area contributed by atoms with Crippen molar-refractivity contribution < 1.29 is 29.9 Å². The highest BCUT2D eigenvalue weighted by Crippen LogP contribution is 2.67. The van der Waals surface area contributed by atoms with Crippen LogP contribution in [-0.2, 0) is 9.47 Å². The third kappa shape index (κ3) is 5.64. The first kappa shape index (κ1) is 31.7. The zero-order chi connectivity index (χ0) is 29.7. The van der Waals surface area contributed by atoms with Gasteiger partial charge in [0.2, 0.25) is 0 Å². The van der Waals surface area contributed by atoms with Crippen molar-refractivity contribution in [3.05, 3.63) is 23.8 Å². The van der Waals surface area contributed by atoms with Gasteiger partial charge < -0.3 is 29.9 Å². The average molecular weight is 575 g/mol. The topological polar surface area (TPSA) is 99.4 Å². The lowest BCUT2D eigenvalue weighted by atomic mass is 9.47. The molecule has 0 spiro atoms. The first-order valence-corrected chi connectivity index (χ1v) is 16.8. The van der Waals surface area contributed by atoms with Crippen molar-refractivity contribution in [3.8, 4) is 0 Å². The number of hydrogen-bond donors (Lipinski definition) is 4. The smallest absolute Gasteiger partial charge is 0.186 e. The summed E-state index contributed by atoms with van der Waals surface area (Å²) in [6.45, 7) is 14.2. The van der Waals surface area contributed by atoms with Gasteiger partial charge in [0.05, 0.1) is 12.7 Å². The van der Waals surface area contributed by atoms with Gasteiger partial charge >= 0.3 is 0 Å². The summed E-state index contributed by atoms with van der Waals surface area (Å²) in [5.74, 6) is 5.05. The lowest BCUT2D eigenvalue weighted by Crippen LogP contribution is -2.60. The molecule has 6 heteroatoms. The SMILES string of the molecule is CC[C@H](C=C[C@@H](C)[C@H]1CC[C@H]2[C@@H]3CC=C4CC(O[C@@H]5O[C@H](CO)[C@@H](O)[C@H](O)[C@H]5O)CC[C@]4(C)[C@H]3CC[C@]12C)C(C)C. The van der Waals surface area contributed by atoms with Crippen LogP contribution in [0.1, 0.15) is 99.3 Å². The predicted molar refractivity (Wildman–Crippen MR) is 161 cm³/mol. The van der Waals surface area contributed by atoms with E-state index in [-0.39, 0.29) is 11.5 Å². The predicted octanol–water partition coefficient (Wildman–Crippen LogP) is 5.63. The molecular weight excluding hydrogens is 516 g/mol. The quantitative estimate of drug-likeness (QED) is 0.281. The van der Waals surface area contributed by atoms with Crippen LogP contribution in [-0.4, -0.2) is 63.8 Å². The molecule has 1 saturated heterocycles. The van der Waals surface area contributed by atoms with Crippen LogP contribution in [0.25, 0.3) is 0 Å². The molecule has 0 bridgehead atoms. The summed E-state index contributed by atoms with van der Waals surface area (Å²) in [7, 11) is 0. The minimum atomic E-state index is -1.40. The highest BCUT2D eigenvalue weighted by molar-refractivity contribution is 5.25. The van der Waals surface area contributed by atoms with E-state index < -0.39 is 37.3 Å². The molecule has 6 nitrogen and oxygen atoms in total. The Labute approximate surface area is 248 Å². The summed E-state index contributed by atoms with van der Waals surface area (Å²) in [4.78, 5) is 0. The van der Waals surface area contributed by atoms with Crippen molar-refractivity contribution in [1.29, 1.82) is 0 Å². The summed E-state index contributed by atoms with van der Waals surface area (Å²) < 4.78 is 11.9. The van der Waals surface area contributed by atoms with Crippen LogP contribution in [0.2, 0.25) is 0 Å². The number of aliphatic hydroxyl groups excluding tert-OH is 4. The summed E-state index contributed by atoms with van der Waals surface area (Å²) in [5, 5.41) is 40.4. The summed E-state index contributed by atoms with van der Waals surface area (Å²) in [6.07, 6.45) is 11.9. The van der Waals surface area contributed by atoms with E-state index in [0.29, 0.717) is 29.1 Å². The Bertz CT molecular complexity index is 960. The second kappa shape index (κ2) is 12.3. The van der Waals surface area contributed by atoms with Crippen molar-refractivity contribution >= 4 is 0 Å². The lowest BCUT2D eigenvalue weighted by Gasteiger charge is -2.58. The van der Waals surface area contributed by atoms with Crippen LogP contribution in [0.15, 0.2) is 23.8 Å². The molecule has 4 N–H and O–H groups in total. The van der Waals surface area contributed by atoms with Gasteiger partial charge in [0.15, 0.2) is 6.29 Å². The Balaban J connectivity index is 1.26. The molecule has 3 saturated carbocycles. The number of fused-ring (bicyclic) bond motifs is 5. The third-order valence-electron chi connectivity index (χ3n) is 12.9. The normalized spacial score (nSPS) is 47.9. The molecule has 0 aromatic rings. The van der Waals surface area contributed by atoms with Crippen LogP contribution in [0.5, 0.6) is 0 Å². The van der Waals surface area contributed by atoms with Gasteiger partial charge in [0.25, 0.3) is 0 Å². The van der Waals surface area contributed by atoms with Crippen molar-refractivity contribution in [2.45, 2.75) is 136 Å². The molecule has 4 fully saturated rings. The van der Waals surface area contributed by atoms with Gasteiger partial charge in [-0.1, -0.05) is 65.3 Å². The maximum Gasteiger partial charge on any atom is 0.186 e. The number of rotatable bonds is 8. The molecule has 1 aliphatic heterocycles. The molecule has 1 unspecified atom stereocenters. The van der Waals surface area contributed by atoms with Gasteiger partial charge in [0.1, 0.15) is 24.4 Å². The molecule has 0 radical (unpaired) electrons. The number of ether oxygens (including phenoxy) is 2. The van der Waals surface area contributed by atoms with Crippen molar-refractivity contribution in [3.63, 3.8) is 0 Å². The van der Waals surface area contributed by atoms with E-state index in [4.69, 9.17) is 9.47 Å². The molecule has 4 aliphatic carbocycles. The zero-order valence-corrected chi connectivity index (χ0v) is 26.4. The van der Waals surface area contributed by atoms with Gasteiger partial charge in [-0.25, -0.2) is 0 Å². The lowest BCUT2D eigenvalue weighted by molar-refractivity contribution is -0.313. The minimum Gasteiger partial charge on any atom is -0.394 e. The zero-order valence-electron chi connectivity index (χ0n) is 26.4. The number of hydrogen-bond acceptors (Lipinski definition) is 6. The minimum absolute atomic E-state index is 0.109. The third-order valence-corrected chi connectivity index (χ3v) is 12.9. The van der Waals surface area contributed by atoms with Crippen LogP contribution in [0.3, 0.4) is 0 Å². The molecule has 0 amide bonds. The fourth-order valence-corrected chi connectivity index (χ4v) is 10.3. The molecule has 5 aliphatic rings. The Kier molecular flexibility index (Phi) is 9.51. The standard InChI is InChI=1S/C35H58O6/c1-7-22(20(2)3)9-8-21(4)26-12-13-27-25-11-10-23-18-24(14-16-34(23,5)28(25)15-17-35(26,27)6)40-33-32(39)31(38)30(37)29(19-36)41-33/h8-10,20-22,24-33,36-39H,7,11-19H2,1-6H3/t21-,22-,24?,25+,26-,27+,28+,29-,30-,31+,32-,33-,34+,35-/m1/s1. The maximum absolute atomic E-state index is 10.5. The summed E-state index contributed by atoms with van der Waals surface area (Å²) in [6, 6.07) is 0. The first-order chi connectivity index (χ1) is 19.4. The van der Waals surface area contributed by atoms with E-state index in [0.717, 1.165) is 43.4 Å². The van der Waals surface area contributed by atoms with Gasteiger partial charge in [-0.15, -0.1) is 0 Å². The Morgan fingerprint density at radius 2 is 1.73 bits per heavy atom. The van der Waals surface area contributed by atoms with E-state index in [9.17, 15) is 20.4 Å². The maximum atomic E-state index is 10.5. The van der Waals surface area contributed by atoms with Gasteiger partial charge in [-0.3, -0.25) is 0 Å². The number of aliphatic hydroxyl groups is 4. The van der Waals surface area contributed by atoms with E-state index in [1.807, 2.05) is 0 Å². The molecular formula is C35H58O6. The van der Waals surface area contributed by atoms with Gasteiger partial charge in [0, 0.05) is 0 Å². The summed E-state index contributed by atoms with van der Waals surface area (Å²) in [5.41, 5.74) is 2.11. The average Bonchev–Trinajstić information content (AvgIpc) is 3.30. The molecule has 1 heterocycles.